The highest BCUT2D eigenvalue weighted by Crippen LogP contribution is 2.42. The van der Waals surface area contributed by atoms with Gasteiger partial charge >= 0.3 is 0 Å². The summed E-state index contributed by atoms with van der Waals surface area (Å²) in [6.45, 7) is 0. The molecule has 0 radical (unpaired) electrons. The molecule has 38 heavy (non-hydrogen) atoms. The Labute approximate surface area is 226 Å². The first-order chi connectivity index (χ1) is 18.8. The molecular formula is C37H24S. The van der Waals surface area contributed by atoms with E-state index < -0.39 is 0 Å². The molecule has 0 bridgehead atoms. The van der Waals surface area contributed by atoms with Crippen molar-refractivity contribution in [1.82, 2.24) is 0 Å². The van der Waals surface area contributed by atoms with Gasteiger partial charge in [0.05, 0.1) is 0 Å². The lowest BCUT2D eigenvalue weighted by atomic mass is 9.91. The second kappa shape index (κ2) is 8.55. The maximum atomic E-state index is 2.39. The van der Waals surface area contributed by atoms with Crippen LogP contribution in [0.5, 0.6) is 0 Å². The minimum Gasteiger partial charge on any atom is -0.135 e. The number of fused-ring (bicyclic) bond motifs is 5. The first kappa shape index (κ1) is 21.6. The lowest BCUT2D eigenvalue weighted by molar-refractivity contribution is 1.26. The van der Waals surface area contributed by atoms with Gasteiger partial charge in [-0.3, -0.25) is 0 Å². The summed E-state index contributed by atoms with van der Waals surface area (Å²) in [5, 5.41) is 5.17. The van der Waals surface area contributed by atoms with Gasteiger partial charge in [-0.25, -0.2) is 0 Å². The standard InChI is InChI=1S/C37H24S/c1-4-10-31-26(7-1)22-30-23-29(17-18-32(30)31)36-20-19-35(38-36)24-13-15-25(16-14-24)37-33-11-5-2-8-27(33)21-28-9-3-6-12-34(28)37/h1-21,23H,22H2. The fourth-order valence-electron chi connectivity index (χ4n) is 6.07. The summed E-state index contributed by atoms with van der Waals surface area (Å²) in [5.41, 5.74) is 10.8. The molecule has 0 saturated carbocycles. The van der Waals surface area contributed by atoms with E-state index in [0.29, 0.717) is 0 Å². The Morgan fingerprint density at radius 1 is 0.421 bits per heavy atom. The van der Waals surface area contributed by atoms with Crippen LogP contribution in [-0.2, 0) is 6.42 Å². The number of thiophene rings is 1. The van der Waals surface area contributed by atoms with E-state index >= 15 is 0 Å². The van der Waals surface area contributed by atoms with Gasteiger partial charge in [-0.1, -0.05) is 109 Å². The molecule has 1 heteroatoms. The molecule has 0 nitrogen and oxygen atoms in total. The lowest BCUT2D eigenvalue weighted by Gasteiger charge is -2.12. The molecule has 8 rings (SSSR count). The largest absolute Gasteiger partial charge is 0.135 e. The first-order valence-corrected chi connectivity index (χ1v) is 14.0. The van der Waals surface area contributed by atoms with Crippen LogP contribution >= 0.6 is 11.3 Å². The molecule has 6 aromatic carbocycles. The van der Waals surface area contributed by atoms with Gasteiger partial charge in [0, 0.05) is 9.75 Å². The van der Waals surface area contributed by atoms with Crippen molar-refractivity contribution in [2.24, 2.45) is 0 Å². The molecule has 1 aliphatic rings. The summed E-state index contributed by atoms with van der Waals surface area (Å²) in [4.78, 5) is 2.63. The van der Waals surface area contributed by atoms with E-state index in [1.54, 1.807) is 0 Å². The van der Waals surface area contributed by atoms with E-state index in [-0.39, 0.29) is 0 Å². The predicted octanol–water partition coefficient (Wildman–Crippen LogP) is 10.6. The number of hydrogen-bond acceptors (Lipinski definition) is 1. The zero-order chi connectivity index (χ0) is 25.1. The van der Waals surface area contributed by atoms with Crippen molar-refractivity contribution in [2.75, 3.05) is 0 Å². The summed E-state index contributed by atoms with van der Waals surface area (Å²) in [5.74, 6) is 0. The normalized spacial score (nSPS) is 12.1. The second-order valence-corrected chi connectivity index (χ2v) is 11.2. The molecule has 0 fully saturated rings. The summed E-state index contributed by atoms with van der Waals surface area (Å²) in [6, 6.07) is 49.2. The molecule has 0 aliphatic heterocycles. The van der Waals surface area contributed by atoms with Crippen molar-refractivity contribution in [2.45, 2.75) is 6.42 Å². The highest BCUT2D eigenvalue weighted by Gasteiger charge is 2.18. The van der Waals surface area contributed by atoms with Gasteiger partial charge in [0.2, 0.25) is 0 Å². The zero-order valence-corrected chi connectivity index (χ0v) is 21.6. The van der Waals surface area contributed by atoms with Gasteiger partial charge in [0.15, 0.2) is 0 Å². The Balaban J connectivity index is 1.15. The summed E-state index contributed by atoms with van der Waals surface area (Å²) in [6.07, 6.45) is 1.03. The van der Waals surface area contributed by atoms with Crippen LogP contribution in [0, 0.1) is 0 Å². The Morgan fingerprint density at radius 2 is 1.00 bits per heavy atom. The van der Waals surface area contributed by atoms with E-state index in [1.807, 2.05) is 11.3 Å². The number of hydrogen-bond donors (Lipinski definition) is 0. The molecule has 1 aliphatic carbocycles. The fourth-order valence-corrected chi connectivity index (χ4v) is 7.08. The molecular weight excluding hydrogens is 476 g/mol. The molecule has 0 saturated heterocycles. The quantitative estimate of drug-likeness (QED) is 0.212. The predicted molar refractivity (Wildman–Crippen MR) is 164 cm³/mol. The Morgan fingerprint density at radius 3 is 1.76 bits per heavy atom. The van der Waals surface area contributed by atoms with Gasteiger partial charge in [-0.05, 0) is 96.7 Å². The lowest BCUT2D eigenvalue weighted by Crippen LogP contribution is -1.85. The monoisotopic (exact) mass is 500 g/mol. The third-order valence-corrected chi connectivity index (χ3v) is 9.10. The first-order valence-electron chi connectivity index (χ1n) is 13.1. The van der Waals surface area contributed by atoms with Crippen LogP contribution in [0.1, 0.15) is 11.1 Å². The molecule has 1 heterocycles. The van der Waals surface area contributed by atoms with Gasteiger partial charge < -0.3 is 0 Å². The van der Waals surface area contributed by atoms with Crippen LogP contribution in [0.4, 0.5) is 0 Å². The minimum atomic E-state index is 1.03. The summed E-state index contributed by atoms with van der Waals surface area (Å²) in [7, 11) is 0. The summed E-state index contributed by atoms with van der Waals surface area (Å²) < 4.78 is 0. The molecule has 178 valence electrons. The average Bonchev–Trinajstić information content (AvgIpc) is 3.61. The van der Waals surface area contributed by atoms with Crippen molar-refractivity contribution in [3.05, 3.63) is 145 Å². The van der Waals surface area contributed by atoms with Gasteiger partial charge in [0.25, 0.3) is 0 Å². The molecule has 7 aromatic rings. The molecule has 0 N–H and O–H groups in total. The Kier molecular flexibility index (Phi) is 4.86. The molecule has 0 amide bonds. The average molecular weight is 501 g/mol. The second-order valence-electron chi connectivity index (χ2n) is 10.1. The van der Waals surface area contributed by atoms with Crippen molar-refractivity contribution >= 4 is 32.9 Å². The summed E-state index contributed by atoms with van der Waals surface area (Å²) >= 11 is 1.88. The van der Waals surface area contributed by atoms with Crippen molar-refractivity contribution in [3.63, 3.8) is 0 Å². The zero-order valence-electron chi connectivity index (χ0n) is 20.8. The highest BCUT2D eigenvalue weighted by molar-refractivity contribution is 7.18. The van der Waals surface area contributed by atoms with Crippen LogP contribution in [0.25, 0.3) is 64.7 Å². The molecule has 0 unspecified atom stereocenters. The van der Waals surface area contributed by atoms with Crippen molar-refractivity contribution in [1.29, 1.82) is 0 Å². The number of benzene rings is 6. The number of rotatable bonds is 3. The van der Waals surface area contributed by atoms with Crippen LogP contribution in [-0.4, -0.2) is 0 Å². The third kappa shape index (κ3) is 3.44. The maximum Gasteiger partial charge on any atom is 0.0349 e. The smallest absolute Gasteiger partial charge is 0.0349 e. The van der Waals surface area contributed by atoms with E-state index in [4.69, 9.17) is 0 Å². The van der Waals surface area contributed by atoms with Crippen LogP contribution in [0.15, 0.2) is 133 Å². The minimum absolute atomic E-state index is 1.03. The van der Waals surface area contributed by atoms with E-state index in [1.165, 1.54) is 75.8 Å². The SMILES string of the molecule is c1ccc2c(c1)Cc1cc(-c3ccc(-c4ccc(-c5c6ccccc6cc6ccccc56)cc4)s3)ccc1-2. The third-order valence-electron chi connectivity index (χ3n) is 7.91. The van der Waals surface area contributed by atoms with Crippen molar-refractivity contribution < 1.29 is 0 Å². The Hall–Kier alpha value is -4.46. The van der Waals surface area contributed by atoms with Gasteiger partial charge in [-0.2, -0.15) is 0 Å². The molecule has 0 atom stereocenters. The Bertz CT molecular complexity index is 1930. The van der Waals surface area contributed by atoms with Gasteiger partial charge in [0.1, 0.15) is 0 Å². The van der Waals surface area contributed by atoms with E-state index in [2.05, 4.69) is 133 Å². The molecule has 0 spiro atoms. The fraction of sp³-hybridized carbons (Fsp3) is 0.0270. The van der Waals surface area contributed by atoms with E-state index in [0.717, 1.165) is 6.42 Å². The van der Waals surface area contributed by atoms with Gasteiger partial charge in [-0.15, -0.1) is 11.3 Å². The highest BCUT2D eigenvalue weighted by atomic mass is 32.1. The van der Waals surface area contributed by atoms with Crippen LogP contribution < -0.4 is 0 Å². The van der Waals surface area contributed by atoms with E-state index in [9.17, 15) is 0 Å². The topological polar surface area (TPSA) is 0 Å². The maximum absolute atomic E-state index is 2.39. The molecule has 1 aromatic heterocycles. The van der Waals surface area contributed by atoms with Crippen molar-refractivity contribution in [3.8, 4) is 43.1 Å². The van der Waals surface area contributed by atoms with Crippen LogP contribution in [0.2, 0.25) is 0 Å². The van der Waals surface area contributed by atoms with Crippen LogP contribution in [0.3, 0.4) is 0 Å².